The first-order valence-corrected chi connectivity index (χ1v) is 22.9. The summed E-state index contributed by atoms with van der Waals surface area (Å²) in [5.74, 6) is 4.17. The lowest BCUT2D eigenvalue weighted by atomic mass is 10.1. The fourth-order valence-corrected chi connectivity index (χ4v) is 13.9. The van der Waals surface area contributed by atoms with E-state index in [9.17, 15) is 10.2 Å². The normalized spacial score (nSPS) is 14.0. The van der Waals surface area contributed by atoms with Gasteiger partial charge in [0.15, 0.2) is 0 Å². The van der Waals surface area contributed by atoms with E-state index in [1.807, 2.05) is 28.7 Å². The Hall–Kier alpha value is -3.13. The topological polar surface area (TPSA) is 58.9 Å². The van der Waals surface area contributed by atoms with Crippen LogP contribution in [0.5, 0.6) is 23.0 Å². The standard InChI is InChI=1S/C44H58O4S3/c1-5-9-11-13-15-17-23-47-37-27-34(28-38(30-37)48-24-18-16-14-12-10-6-2)20-22-40-32-42-44(50-40)43-41(51(42,7-3)8-4)31-39(49-43)21-19-33-25-35(45)29-36(46)26-33/h19-22,25-32,45-46H,5-18,23-24H2,1-4H3/b21-19+,22-20+. The maximum absolute atomic E-state index is 9.92. The van der Waals surface area contributed by atoms with E-state index in [4.69, 9.17) is 9.47 Å². The molecule has 3 heterocycles. The summed E-state index contributed by atoms with van der Waals surface area (Å²) in [5.41, 5.74) is 1.89. The van der Waals surface area contributed by atoms with E-state index in [-0.39, 0.29) is 11.5 Å². The number of unbranched alkanes of at least 4 members (excludes halogenated alkanes) is 10. The molecule has 0 spiro atoms. The number of fused-ring (bicyclic) bond motifs is 3. The number of hydrogen-bond acceptors (Lipinski definition) is 6. The minimum atomic E-state index is -1.11. The van der Waals surface area contributed by atoms with Crippen LogP contribution in [0.15, 0.2) is 58.3 Å². The molecule has 0 saturated heterocycles. The highest BCUT2D eigenvalue weighted by Gasteiger charge is 2.39. The molecular weight excluding hydrogens is 689 g/mol. The smallest absolute Gasteiger partial charge is 0.123 e. The number of thiophene rings is 2. The average Bonchev–Trinajstić information content (AvgIpc) is 3.80. The summed E-state index contributed by atoms with van der Waals surface area (Å²) in [6, 6.07) is 15.9. The van der Waals surface area contributed by atoms with E-state index in [2.05, 4.69) is 76.3 Å². The van der Waals surface area contributed by atoms with Gasteiger partial charge in [-0.3, -0.25) is 0 Å². The van der Waals surface area contributed by atoms with Crippen molar-refractivity contribution in [2.24, 2.45) is 0 Å². The molecule has 0 fully saturated rings. The van der Waals surface area contributed by atoms with Crippen LogP contribution < -0.4 is 9.47 Å². The van der Waals surface area contributed by atoms with Crippen molar-refractivity contribution in [1.29, 1.82) is 0 Å². The van der Waals surface area contributed by atoms with Gasteiger partial charge in [-0.2, -0.15) is 10.0 Å². The van der Waals surface area contributed by atoms with Crippen LogP contribution in [0.2, 0.25) is 0 Å². The molecule has 0 radical (unpaired) electrons. The molecule has 4 aromatic rings. The third-order valence-electron chi connectivity index (χ3n) is 9.71. The summed E-state index contributed by atoms with van der Waals surface area (Å²) in [7, 11) is -1.11. The predicted octanol–water partition coefficient (Wildman–Crippen LogP) is 14.3. The number of aromatic hydroxyl groups is 2. The number of benzene rings is 2. The highest BCUT2D eigenvalue weighted by atomic mass is 32.3. The molecule has 0 atom stereocenters. The van der Waals surface area contributed by atoms with Crippen LogP contribution in [-0.4, -0.2) is 34.9 Å². The Morgan fingerprint density at radius 2 is 0.941 bits per heavy atom. The second-order valence-corrected chi connectivity index (χ2v) is 19.5. The molecule has 2 aromatic heterocycles. The van der Waals surface area contributed by atoms with Crippen molar-refractivity contribution in [1.82, 2.24) is 0 Å². The lowest BCUT2D eigenvalue weighted by molar-refractivity contribution is 0.289. The number of rotatable bonds is 22. The number of hydrogen-bond donors (Lipinski definition) is 2. The summed E-state index contributed by atoms with van der Waals surface area (Å²) in [5, 5.41) is 19.8. The Kier molecular flexibility index (Phi) is 15.0. The van der Waals surface area contributed by atoms with Crippen LogP contribution in [0.4, 0.5) is 0 Å². The lowest BCUT2D eigenvalue weighted by Crippen LogP contribution is -2.03. The zero-order valence-corrected chi connectivity index (χ0v) is 33.6. The maximum atomic E-state index is 9.92. The zero-order chi connectivity index (χ0) is 36.1. The largest absolute Gasteiger partial charge is 0.508 e. The van der Waals surface area contributed by atoms with E-state index in [0.29, 0.717) is 0 Å². The molecule has 276 valence electrons. The van der Waals surface area contributed by atoms with Gasteiger partial charge in [-0.15, -0.1) is 22.7 Å². The monoisotopic (exact) mass is 746 g/mol. The lowest BCUT2D eigenvalue weighted by Gasteiger charge is -2.34. The molecule has 1 aliphatic rings. The Morgan fingerprint density at radius 3 is 1.39 bits per heavy atom. The van der Waals surface area contributed by atoms with Gasteiger partial charge in [0.25, 0.3) is 0 Å². The van der Waals surface area contributed by atoms with Crippen molar-refractivity contribution in [2.45, 2.75) is 115 Å². The van der Waals surface area contributed by atoms with Crippen molar-refractivity contribution in [3.05, 3.63) is 69.4 Å². The molecule has 2 N–H and O–H groups in total. The zero-order valence-electron chi connectivity index (χ0n) is 31.2. The SMILES string of the molecule is CCCCCCCCOc1cc(/C=C/c2cc3c(s2)-c2sc(/C=C/c4cc(O)cc(O)c4)cc2S3(CC)CC)cc(OCCCCCCCC)c1. The summed E-state index contributed by atoms with van der Waals surface area (Å²) in [6.45, 7) is 10.7. The van der Waals surface area contributed by atoms with E-state index in [1.54, 1.807) is 12.1 Å². The highest BCUT2D eigenvalue weighted by molar-refractivity contribution is 8.34. The van der Waals surface area contributed by atoms with Crippen molar-refractivity contribution in [2.75, 3.05) is 24.7 Å². The minimum Gasteiger partial charge on any atom is -0.508 e. The molecule has 0 saturated carbocycles. The first-order chi connectivity index (χ1) is 24.9. The number of phenols is 2. The predicted molar refractivity (Wildman–Crippen MR) is 225 cm³/mol. The minimum absolute atomic E-state index is 0.0666. The van der Waals surface area contributed by atoms with Crippen LogP contribution >= 0.6 is 32.7 Å². The van der Waals surface area contributed by atoms with Crippen molar-refractivity contribution in [3.63, 3.8) is 0 Å². The van der Waals surface area contributed by atoms with Crippen LogP contribution in [-0.2, 0) is 0 Å². The van der Waals surface area contributed by atoms with Crippen LogP contribution in [0.3, 0.4) is 0 Å². The molecule has 7 heteroatoms. The van der Waals surface area contributed by atoms with Crippen molar-refractivity contribution >= 4 is 57.0 Å². The van der Waals surface area contributed by atoms with Gasteiger partial charge in [-0.25, -0.2) is 0 Å². The second kappa shape index (κ2) is 19.6. The number of ether oxygens (including phenoxy) is 2. The Morgan fingerprint density at radius 1 is 0.510 bits per heavy atom. The summed E-state index contributed by atoms with van der Waals surface area (Å²) < 4.78 is 12.6. The third-order valence-corrected chi connectivity index (χ3v) is 16.6. The first kappa shape index (κ1) is 39.1. The molecule has 0 unspecified atom stereocenters. The van der Waals surface area contributed by atoms with Gasteiger partial charge in [0.2, 0.25) is 0 Å². The molecule has 4 nitrogen and oxygen atoms in total. The van der Waals surface area contributed by atoms with E-state index in [1.165, 1.54) is 99.6 Å². The van der Waals surface area contributed by atoms with E-state index >= 15 is 0 Å². The van der Waals surface area contributed by atoms with Gasteiger partial charge >= 0.3 is 0 Å². The summed E-state index contributed by atoms with van der Waals surface area (Å²) in [6.07, 6.45) is 23.6. The molecule has 0 bridgehead atoms. The van der Waals surface area contributed by atoms with Gasteiger partial charge in [0, 0.05) is 31.7 Å². The van der Waals surface area contributed by atoms with Gasteiger partial charge in [-0.1, -0.05) is 104 Å². The van der Waals surface area contributed by atoms with Crippen LogP contribution in [0.25, 0.3) is 34.1 Å². The molecule has 0 amide bonds. The second-order valence-electron chi connectivity index (χ2n) is 13.6. The maximum Gasteiger partial charge on any atom is 0.123 e. The highest BCUT2D eigenvalue weighted by Crippen LogP contribution is 2.74. The van der Waals surface area contributed by atoms with E-state index < -0.39 is 10.0 Å². The number of phenolic OH excluding ortho intramolecular Hbond substituents is 2. The first-order valence-electron chi connectivity index (χ1n) is 19.3. The molecular formula is C44H58O4S3. The Balaban J connectivity index is 1.33. The molecule has 51 heavy (non-hydrogen) atoms. The Labute approximate surface area is 316 Å². The van der Waals surface area contributed by atoms with Gasteiger partial charge in [0.1, 0.15) is 23.0 Å². The molecule has 5 rings (SSSR count). The summed E-state index contributed by atoms with van der Waals surface area (Å²) in [4.78, 5) is 8.34. The fourth-order valence-electron chi connectivity index (χ4n) is 6.86. The van der Waals surface area contributed by atoms with Gasteiger partial charge < -0.3 is 19.7 Å². The van der Waals surface area contributed by atoms with Gasteiger partial charge in [0.05, 0.1) is 23.0 Å². The molecule has 1 aliphatic heterocycles. The van der Waals surface area contributed by atoms with Crippen molar-refractivity contribution in [3.8, 4) is 32.8 Å². The van der Waals surface area contributed by atoms with Gasteiger partial charge in [-0.05, 0) is 84.0 Å². The average molecular weight is 747 g/mol. The van der Waals surface area contributed by atoms with E-state index in [0.717, 1.165) is 60.2 Å². The summed E-state index contributed by atoms with van der Waals surface area (Å²) >= 11 is 3.75. The quantitative estimate of drug-likeness (QED) is 0.0786. The third kappa shape index (κ3) is 10.5. The Bertz CT molecular complexity index is 1690. The van der Waals surface area contributed by atoms with Crippen LogP contribution in [0.1, 0.15) is 126 Å². The molecule has 2 aromatic carbocycles. The molecule has 0 aliphatic carbocycles. The van der Waals surface area contributed by atoms with Crippen molar-refractivity contribution < 1.29 is 19.7 Å². The van der Waals surface area contributed by atoms with Crippen LogP contribution in [0, 0.1) is 0 Å². The fraction of sp³-hybridized carbons (Fsp3) is 0.455.